The predicted molar refractivity (Wildman–Crippen MR) is 79.4 cm³/mol. The summed E-state index contributed by atoms with van der Waals surface area (Å²) in [6.45, 7) is 2.31. The first-order valence-corrected chi connectivity index (χ1v) is 7.69. The molecule has 1 aromatic heterocycles. The fourth-order valence-electron chi connectivity index (χ4n) is 3.30. The van der Waals surface area contributed by atoms with Crippen molar-refractivity contribution in [3.63, 3.8) is 0 Å². The topological polar surface area (TPSA) is 50.9 Å². The highest BCUT2D eigenvalue weighted by Crippen LogP contribution is 2.33. The van der Waals surface area contributed by atoms with Crippen LogP contribution >= 0.6 is 0 Å². The lowest BCUT2D eigenvalue weighted by Crippen LogP contribution is -2.42. The van der Waals surface area contributed by atoms with Gasteiger partial charge in [0.25, 0.3) is 0 Å². The van der Waals surface area contributed by atoms with Crippen molar-refractivity contribution in [2.24, 2.45) is 17.7 Å². The minimum atomic E-state index is 0.444. The summed E-state index contributed by atoms with van der Waals surface area (Å²) in [5.41, 5.74) is 4.22. The first-order chi connectivity index (χ1) is 9.33. The Hall–Kier alpha value is -0.930. The molecule has 0 bridgehead atoms. The van der Waals surface area contributed by atoms with Gasteiger partial charge in [0.2, 0.25) is 0 Å². The lowest BCUT2D eigenvalue weighted by Gasteiger charge is -2.33. The van der Waals surface area contributed by atoms with Crippen LogP contribution in [0.5, 0.6) is 0 Å². The number of nitrogens with zero attached hydrogens (tertiary/aromatic N) is 1. The van der Waals surface area contributed by atoms with Gasteiger partial charge in [-0.25, -0.2) is 0 Å². The molecule has 3 heteroatoms. The van der Waals surface area contributed by atoms with Crippen LogP contribution in [-0.4, -0.2) is 11.0 Å². The van der Waals surface area contributed by atoms with E-state index in [4.69, 9.17) is 5.84 Å². The quantitative estimate of drug-likeness (QED) is 0.611. The molecule has 106 valence electrons. The van der Waals surface area contributed by atoms with Crippen LogP contribution in [-0.2, 0) is 6.42 Å². The third-order valence-corrected chi connectivity index (χ3v) is 4.69. The minimum absolute atomic E-state index is 0.444. The number of hydrazine groups is 1. The number of pyridine rings is 1. The van der Waals surface area contributed by atoms with Crippen molar-refractivity contribution in [1.82, 2.24) is 10.4 Å². The monoisotopic (exact) mass is 261 g/mol. The maximum atomic E-state index is 5.76. The number of hydrogen-bond donors (Lipinski definition) is 2. The van der Waals surface area contributed by atoms with Crippen molar-refractivity contribution in [3.05, 3.63) is 30.1 Å². The zero-order valence-electron chi connectivity index (χ0n) is 12.0. The Balaban J connectivity index is 1.80. The fraction of sp³-hybridized carbons (Fsp3) is 0.688. The van der Waals surface area contributed by atoms with Gasteiger partial charge in [-0.2, -0.15) is 0 Å². The molecule has 1 fully saturated rings. The van der Waals surface area contributed by atoms with Crippen LogP contribution in [0, 0.1) is 11.8 Å². The molecule has 1 aliphatic rings. The second kappa shape index (κ2) is 7.61. The van der Waals surface area contributed by atoms with E-state index < -0.39 is 0 Å². The molecular formula is C16H27N3. The van der Waals surface area contributed by atoms with E-state index in [1.807, 2.05) is 12.3 Å². The van der Waals surface area contributed by atoms with Crippen LogP contribution in [0.3, 0.4) is 0 Å². The van der Waals surface area contributed by atoms with E-state index in [1.54, 1.807) is 0 Å². The fourth-order valence-corrected chi connectivity index (χ4v) is 3.30. The number of nitrogens with two attached hydrogens (primary N) is 1. The zero-order chi connectivity index (χ0) is 13.5. The lowest BCUT2D eigenvalue weighted by molar-refractivity contribution is 0.211. The summed E-state index contributed by atoms with van der Waals surface area (Å²) in [4.78, 5) is 4.39. The number of nitrogens with one attached hydrogen (secondary N) is 1. The van der Waals surface area contributed by atoms with Crippen molar-refractivity contribution in [1.29, 1.82) is 0 Å². The Morgan fingerprint density at radius 1 is 1.32 bits per heavy atom. The van der Waals surface area contributed by atoms with Crippen LogP contribution in [0.4, 0.5) is 0 Å². The summed E-state index contributed by atoms with van der Waals surface area (Å²) in [6, 6.07) is 6.56. The van der Waals surface area contributed by atoms with Crippen molar-refractivity contribution in [2.45, 2.75) is 57.9 Å². The molecule has 3 nitrogen and oxygen atoms in total. The molecule has 3 N–H and O–H groups in total. The molecule has 1 saturated carbocycles. The Kier molecular flexibility index (Phi) is 5.80. The summed E-state index contributed by atoms with van der Waals surface area (Å²) >= 11 is 0. The van der Waals surface area contributed by atoms with E-state index in [-0.39, 0.29) is 0 Å². The largest absolute Gasteiger partial charge is 0.271 e. The van der Waals surface area contributed by atoms with Crippen LogP contribution in [0.25, 0.3) is 0 Å². The molecule has 0 aliphatic heterocycles. The second-order valence-corrected chi connectivity index (χ2v) is 5.82. The van der Waals surface area contributed by atoms with E-state index in [0.717, 1.165) is 24.7 Å². The van der Waals surface area contributed by atoms with Gasteiger partial charge < -0.3 is 0 Å². The molecule has 1 heterocycles. The van der Waals surface area contributed by atoms with E-state index in [0.29, 0.717) is 6.04 Å². The smallest absolute Gasteiger partial charge is 0.0404 e. The Morgan fingerprint density at radius 2 is 2.11 bits per heavy atom. The van der Waals surface area contributed by atoms with Crippen LogP contribution in [0.15, 0.2) is 24.4 Å². The van der Waals surface area contributed by atoms with Crippen LogP contribution < -0.4 is 11.3 Å². The molecule has 1 atom stereocenters. The minimum Gasteiger partial charge on any atom is -0.271 e. The lowest BCUT2D eigenvalue weighted by atomic mass is 9.76. The van der Waals surface area contributed by atoms with Crippen LogP contribution in [0.1, 0.15) is 51.1 Å². The first-order valence-electron chi connectivity index (χ1n) is 7.69. The molecule has 0 saturated heterocycles. The third kappa shape index (κ3) is 4.29. The van der Waals surface area contributed by atoms with Gasteiger partial charge in [0.15, 0.2) is 0 Å². The van der Waals surface area contributed by atoms with E-state index in [2.05, 4.69) is 29.5 Å². The molecule has 0 spiro atoms. The average molecular weight is 261 g/mol. The van der Waals surface area contributed by atoms with Gasteiger partial charge in [0.1, 0.15) is 0 Å². The van der Waals surface area contributed by atoms with Gasteiger partial charge in [-0.05, 0) is 49.7 Å². The number of aryl methyl sites for hydroxylation is 1. The molecule has 2 rings (SSSR count). The number of hydrogen-bond acceptors (Lipinski definition) is 3. The van der Waals surface area contributed by atoms with E-state index >= 15 is 0 Å². The third-order valence-electron chi connectivity index (χ3n) is 4.69. The molecule has 19 heavy (non-hydrogen) atoms. The molecular weight excluding hydrogens is 234 g/mol. The maximum absolute atomic E-state index is 5.76. The standard InChI is InChI=1S/C16H27N3/c1-2-13-6-8-14(9-7-13)16(19-17)11-10-15-5-3-4-12-18-15/h3-5,12-14,16,19H,2,6-11,17H2,1H3. The summed E-state index contributed by atoms with van der Waals surface area (Å²) in [5, 5.41) is 0. The highest BCUT2D eigenvalue weighted by Gasteiger charge is 2.26. The summed E-state index contributed by atoms with van der Waals surface area (Å²) in [5.74, 6) is 7.46. The Bertz CT molecular complexity index is 344. The zero-order valence-corrected chi connectivity index (χ0v) is 12.0. The van der Waals surface area contributed by atoms with Gasteiger partial charge in [0, 0.05) is 17.9 Å². The number of rotatable bonds is 6. The Labute approximate surface area is 117 Å². The van der Waals surface area contributed by atoms with Gasteiger partial charge >= 0.3 is 0 Å². The molecule has 1 unspecified atom stereocenters. The molecule has 1 aliphatic carbocycles. The summed E-state index contributed by atoms with van der Waals surface area (Å²) < 4.78 is 0. The highest BCUT2D eigenvalue weighted by molar-refractivity contribution is 5.04. The second-order valence-electron chi connectivity index (χ2n) is 5.82. The summed E-state index contributed by atoms with van der Waals surface area (Å²) in [6.07, 6.45) is 10.7. The van der Waals surface area contributed by atoms with Crippen LogP contribution in [0.2, 0.25) is 0 Å². The van der Waals surface area contributed by atoms with Crippen molar-refractivity contribution < 1.29 is 0 Å². The molecule has 1 aromatic rings. The predicted octanol–water partition coefficient (Wildman–Crippen LogP) is 3.06. The van der Waals surface area contributed by atoms with E-state index in [1.165, 1.54) is 37.8 Å². The van der Waals surface area contributed by atoms with Gasteiger partial charge in [-0.15, -0.1) is 0 Å². The van der Waals surface area contributed by atoms with Gasteiger partial charge in [-0.1, -0.05) is 32.3 Å². The van der Waals surface area contributed by atoms with Crippen molar-refractivity contribution in [2.75, 3.05) is 0 Å². The van der Waals surface area contributed by atoms with Gasteiger partial charge in [0.05, 0.1) is 0 Å². The maximum Gasteiger partial charge on any atom is 0.0404 e. The van der Waals surface area contributed by atoms with E-state index in [9.17, 15) is 0 Å². The Morgan fingerprint density at radius 3 is 2.68 bits per heavy atom. The molecule has 0 radical (unpaired) electrons. The van der Waals surface area contributed by atoms with Crippen molar-refractivity contribution in [3.8, 4) is 0 Å². The van der Waals surface area contributed by atoms with Gasteiger partial charge in [-0.3, -0.25) is 16.3 Å². The molecule has 0 aromatic carbocycles. The normalized spacial score (nSPS) is 25.2. The average Bonchev–Trinajstić information content (AvgIpc) is 2.49. The molecule has 0 amide bonds. The first kappa shape index (κ1) is 14.5. The highest BCUT2D eigenvalue weighted by atomic mass is 15.2. The summed E-state index contributed by atoms with van der Waals surface area (Å²) in [7, 11) is 0. The van der Waals surface area contributed by atoms with Crippen molar-refractivity contribution >= 4 is 0 Å². The number of aromatic nitrogens is 1. The SMILES string of the molecule is CCC1CCC(C(CCc2ccccn2)NN)CC1.